The van der Waals surface area contributed by atoms with Crippen molar-refractivity contribution in [3.8, 4) is 0 Å². The van der Waals surface area contributed by atoms with E-state index in [1.165, 1.54) is 0 Å². The summed E-state index contributed by atoms with van der Waals surface area (Å²) in [4.78, 5) is 0. The Morgan fingerprint density at radius 3 is 1.46 bits per heavy atom. The molecule has 0 aromatic rings. The summed E-state index contributed by atoms with van der Waals surface area (Å²) in [6.07, 6.45) is 0. The first kappa shape index (κ1) is 12.3. The fourth-order valence-electron chi connectivity index (χ4n) is 0.604. The van der Waals surface area contributed by atoms with Crippen molar-refractivity contribution in [3.05, 3.63) is 0 Å². The van der Waals surface area contributed by atoms with Gasteiger partial charge in [-0.3, -0.25) is 0 Å². The van der Waals surface area contributed by atoms with Crippen LogP contribution in [0.2, 0.25) is 0 Å². The third kappa shape index (κ3) is 5.53. The Labute approximate surface area is 80.5 Å². The van der Waals surface area contributed by atoms with Crippen molar-refractivity contribution in [1.82, 2.24) is 0 Å². The fourth-order valence-corrected chi connectivity index (χ4v) is 0.604. The van der Waals surface area contributed by atoms with Crippen LogP contribution in [0.4, 0.5) is 0 Å². The molecule has 0 rings (SSSR count). The Kier molecular flexibility index (Phi) is 5.55. The molecular formula is C10H20N2O. The van der Waals surface area contributed by atoms with Crippen LogP contribution in [0.25, 0.3) is 0 Å². The van der Waals surface area contributed by atoms with Crippen LogP contribution in [0.1, 0.15) is 27.7 Å². The second-order valence-corrected chi connectivity index (χ2v) is 3.85. The van der Waals surface area contributed by atoms with E-state index in [9.17, 15) is 0 Å². The summed E-state index contributed by atoms with van der Waals surface area (Å²) < 4.78 is 5.23. The largest absolute Gasteiger partial charge is 0.370 e. The normalized spacial score (nSPS) is 10.9. The highest BCUT2D eigenvalue weighted by molar-refractivity contribution is 5.86. The first-order valence-corrected chi connectivity index (χ1v) is 4.67. The molecule has 13 heavy (non-hydrogen) atoms. The van der Waals surface area contributed by atoms with Gasteiger partial charge < -0.3 is 15.6 Å². The molecule has 76 valence electrons. The Bertz CT molecular complexity index is 165. The fraction of sp³-hybridized carbons (Fsp3) is 0.800. The highest BCUT2D eigenvalue weighted by Crippen LogP contribution is 1.98. The highest BCUT2D eigenvalue weighted by atomic mass is 16.5. The zero-order valence-electron chi connectivity index (χ0n) is 8.98. The zero-order valence-corrected chi connectivity index (χ0v) is 8.98. The van der Waals surface area contributed by atoms with Crippen LogP contribution in [-0.4, -0.2) is 24.6 Å². The van der Waals surface area contributed by atoms with Crippen molar-refractivity contribution in [3.63, 3.8) is 0 Å². The minimum atomic E-state index is 0.244. The van der Waals surface area contributed by atoms with Crippen LogP contribution in [0.5, 0.6) is 0 Å². The number of hydrogen-bond acceptors (Lipinski definition) is 3. The minimum Gasteiger partial charge on any atom is -0.370 e. The van der Waals surface area contributed by atoms with Gasteiger partial charge in [0.15, 0.2) is 0 Å². The van der Waals surface area contributed by atoms with Crippen LogP contribution in [0.3, 0.4) is 0 Å². The van der Waals surface area contributed by atoms with Crippen molar-refractivity contribution in [1.29, 1.82) is 10.8 Å². The van der Waals surface area contributed by atoms with Crippen molar-refractivity contribution < 1.29 is 4.74 Å². The summed E-state index contributed by atoms with van der Waals surface area (Å²) in [6, 6.07) is 0. The molecule has 0 spiro atoms. The standard InChI is InChI=1S/C10H20N2O/c1-7(2)9(11)5-13-6-10(12)8(3)4/h7-8,11-12H,5-6H2,1-4H3. The Morgan fingerprint density at radius 1 is 0.923 bits per heavy atom. The molecule has 0 fully saturated rings. The maximum Gasteiger partial charge on any atom is 0.0849 e. The van der Waals surface area contributed by atoms with Gasteiger partial charge in [-0.05, 0) is 11.8 Å². The Balaban J connectivity index is 3.57. The van der Waals surface area contributed by atoms with E-state index in [0.717, 1.165) is 0 Å². The molecule has 0 aliphatic rings. The van der Waals surface area contributed by atoms with Crippen molar-refractivity contribution in [2.75, 3.05) is 13.2 Å². The molecule has 0 bridgehead atoms. The topological polar surface area (TPSA) is 56.9 Å². The number of nitrogens with one attached hydrogen (secondary N) is 2. The molecule has 3 nitrogen and oxygen atoms in total. The molecule has 0 radical (unpaired) electrons. The SMILES string of the molecule is CC(C)C(=N)COCC(=N)C(C)C. The van der Waals surface area contributed by atoms with E-state index in [4.69, 9.17) is 15.6 Å². The lowest BCUT2D eigenvalue weighted by molar-refractivity contribution is 0.208. The van der Waals surface area contributed by atoms with Gasteiger partial charge in [-0.1, -0.05) is 27.7 Å². The van der Waals surface area contributed by atoms with E-state index in [2.05, 4.69) is 0 Å². The molecule has 3 heteroatoms. The number of rotatable bonds is 6. The predicted molar refractivity (Wildman–Crippen MR) is 55.9 cm³/mol. The van der Waals surface area contributed by atoms with E-state index >= 15 is 0 Å². The predicted octanol–water partition coefficient (Wildman–Crippen LogP) is 2.35. The van der Waals surface area contributed by atoms with Crippen LogP contribution >= 0.6 is 0 Å². The summed E-state index contributed by atoms with van der Waals surface area (Å²) >= 11 is 0. The molecular weight excluding hydrogens is 164 g/mol. The summed E-state index contributed by atoms with van der Waals surface area (Å²) in [6.45, 7) is 8.59. The second-order valence-electron chi connectivity index (χ2n) is 3.85. The summed E-state index contributed by atoms with van der Waals surface area (Å²) in [5.74, 6) is 0.487. The quantitative estimate of drug-likeness (QED) is 0.612. The molecule has 0 saturated carbocycles. The van der Waals surface area contributed by atoms with E-state index in [1.54, 1.807) is 0 Å². The third-order valence-electron chi connectivity index (χ3n) is 1.91. The summed E-state index contributed by atoms with van der Waals surface area (Å²) in [5.41, 5.74) is 1.19. The zero-order chi connectivity index (χ0) is 10.4. The van der Waals surface area contributed by atoms with Crippen molar-refractivity contribution >= 4 is 11.4 Å². The third-order valence-corrected chi connectivity index (χ3v) is 1.91. The first-order chi connectivity index (χ1) is 5.95. The monoisotopic (exact) mass is 184 g/mol. The van der Waals surface area contributed by atoms with Gasteiger partial charge in [0.05, 0.1) is 13.2 Å². The molecule has 0 unspecified atom stereocenters. The minimum absolute atomic E-state index is 0.244. The molecule has 0 amide bonds. The molecule has 0 aromatic heterocycles. The Hall–Kier alpha value is -0.700. The molecule has 0 aliphatic carbocycles. The maximum atomic E-state index is 7.50. The van der Waals surface area contributed by atoms with Gasteiger partial charge in [0.1, 0.15) is 0 Å². The lowest BCUT2D eigenvalue weighted by atomic mass is 10.1. The lowest BCUT2D eigenvalue weighted by Crippen LogP contribution is -2.19. The molecule has 0 saturated heterocycles. The van der Waals surface area contributed by atoms with Crippen LogP contribution in [0, 0.1) is 22.7 Å². The first-order valence-electron chi connectivity index (χ1n) is 4.67. The molecule has 0 aliphatic heterocycles. The lowest BCUT2D eigenvalue weighted by Gasteiger charge is -2.10. The van der Waals surface area contributed by atoms with Gasteiger partial charge in [-0.15, -0.1) is 0 Å². The van der Waals surface area contributed by atoms with Gasteiger partial charge in [-0.2, -0.15) is 0 Å². The maximum absolute atomic E-state index is 7.50. The van der Waals surface area contributed by atoms with Crippen LogP contribution < -0.4 is 0 Å². The number of hydrogen-bond donors (Lipinski definition) is 2. The molecule has 0 atom stereocenters. The van der Waals surface area contributed by atoms with Gasteiger partial charge in [0.25, 0.3) is 0 Å². The molecule has 0 heterocycles. The van der Waals surface area contributed by atoms with E-state index in [0.29, 0.717) is 24.6 Å². The smallest absolute Gasteiger partial charge is 0.0849 e. The Morgan fingerprint density at radius 2 is 1.23 bits per heavy atom. The highest BCUT2D eigenvalue weighted by Gasteiger charge is 2.05. The molecule has 0 aromatic carbocycles. The van der Waals surface area contributed by atoms with Gasteiger partial charge in [0.2, 0.25) is 0 Å². The van der Waals surface area contributed by atoms with Gasteiger partial charge >= 0.3 is 0 Å². The summed E-state index contributed by atoms with van der Waals surface area (Å²) in [5, 5.41) is 15.0. The van der Waals surface area contributed by atoms with Crippen molar-refractivity contribution in [2.45, 2.75) is 27.7 Å². The van der Waals surface area contributed by atoms with E-state index < -0.39 is 0 Å². The van der Waals surface area contributed by atoms with E-state index in [1.807, 2.05) is 27.7 Å². The second kappa shape index (κ2) is 5.86. The summed E-state index contributed by atoms with van der Waals surface area (Å²) in [7, 11) is 0. The molecule has 2 N–H and O–H groups in total. The average Bonchev–Trinajstić information content (AvgIpc) is 2.03. The van der Waals surface area contributed by atoms with Crippen LogP contribution in [0.15, 0.2) is 0 Å². The van der Waals surface area contributed by atoms with E-state index in [-0.39, 0.29) is 11.8 Å². The average molecular weight is 184 g/mol. The number of ether oxygens (including phenoxy) is 1. The van der Waals surface area contributed by atoms with Gasteiger partial charge in [0, 0.05) is 11.4 Å². The van der Waals surface area contributed by atoms with Crippen molar-refractivity contribution in [2.24, 2.45) is 11.8 Å². The van der Waals surface area contributed by atoms with Gasteiger partial charge in [-0.25, -0.2) is 0 Å². The van der Waals surface area contributed by atoms with Crippen LogP contribution in [-0.2, 0) is 4.74 Å².